The van der Waals surface area contributed by atoms with E-state index in [9.17, 15) is 18.3 Å². The molecule has 0 aliphatic carbocycles. The molecule has 0 aromatic heterocycles. The number of hydrogen-bond acceptors (Lipinski definition) is 6. The molecule has 0 amide bonds. The van der Waals surface area contributed by atoms with Crippen LogP contribution in [0, 0.1) is 0 Å². The molecule has 4 rings (SSSR count). The van der Waals surface area contributed by atoms with Crippen LogP contribution in [-0.2, 0) is 21.2 Å². The van der Waals surface area contributed by atoms with Crippen molar-refractivity contribution in [1.82, 2.24) is 0 Å². The van der Waals surface area contributed by atoms with Crippen molar-refractivity contribution in [3.8, 4) is 0 Å². The fraction of sp³-hybridized carbons (Fsp3) is 0.130. The van der Waals surface area contributed by atoms with Crippen molar-refractivity contribution in [2.75, 3.05) is 11.4 Å². The lowest BCUT2D eigenvalue weighted by Crippen LogP contribution is -2.43. The van der Waals surface area contributed by atoms with Crippen LogP contribution in [0.25, 0.3) is 0 Å². The predicted octanol–water partition coefficient (Wildman–Crippen LogP) is 2.75. The molecule has 0 saturated carbocycles. The first-order valence-electron chi connectivity index (χ1n) is 9.71. The molecule has 0 radical (unpaired) electrons. The van der Waals surface area contributed by atoms with Gasteiger partial charge in [0, 0.05) is 22.7 Å². The fourth-order valence-electron chi connectivity index (χ4n) is 3.49. The van der Waals surface area contributed by atoms with Crippen LogP contribution in [0.15, 0.2) is 88.8 Å². The number of rotatable bonds is 6. The maximum absolute atomic E-state index is 13.0. The molecule has 32 heavy (non-hydrogen) atoms. The summed E-state index contributed by atoms with van der Waals surface area (Å²) >= 11 is 6.01. The van der Waals surface area contributed by atoms with Crippen molar-refractivity contribution in [3.05, 3.63) is 95.0 Å². The van der Waals surface area contributed by atoms with Gasteiger partial charge in [-0.2, -0.15) is 0 Å². The molecule has 7 nitrogen and oxygen atoms in total. The monoisotopic (exact) mass is 469 g/mol. The molecule has 1 heterocycles. The van der Waals surface area contributed by atoms with Crippen molar-refractivity contribution < 1.29 is 18.3 Å². The Morgan fingerprint density at radius 3 is 2.25 bits per heavy atom. The number of nitrogens with zero attached hydrogens (tertiary/aromatic N) is 2. The topological polar surface area (TPSA) is 113 Å². The Bertz CT molecular complexity index is 1280. The maximum Gasteiger partial charge on any atom is 0.238 e. The van der Waals surface area contributed by atoms with Crippen LogP contribution in [0.5, 0.6) is 0 Å². The number of β-amino-alcohol motifs (C(OH)–C–C–N with tert-alkyl or cyclic N) is 1. The zero-order valence-corrected chi connectivity index (χ0v) is 18.4. The standard InChI is InChI=1S/C23H20ClN3O4S/c24-18-8-10-19(11-9-18)27-15-23(29,21(28)14-16-4-2-1-3-5-16)26-22(27)17-6-12-20(13-7-17)32(25,30)31/h1-13,29H,14-15H2,(H2,25,30,31). The zero-order chi connectivity index (χ0) is 22.9. The number of carbonyl (C=O) groups is 1. The minimum atomic E-state index is -3.86. The molecule has 1 aliphatic heterocycles. The molecule has 3 N–H and O–H groups in total. The van der Waals surface area contributed by atoms with Gasteiger partial charge in [-0.15, -0.1) is 0 Å². The lowest BCUT2D eigenvalue weighted by molar-refractivity contribution is -0.134. The van der Waals surface area contributed by atoms with E-state index in [4.69, 9.17) is 16.7 Å². The molecule has 3 aromatic rings. The van der Waals surface area contributed by atoms with Crippen LogP contribution >= 0.6 is 11.6 Å². The third-order valence-electron chi connectivity index (χ3n) is 5.16. The summed E-state index contributed by atoms with van der Waals surface area (Å²) in [6.45, 7) is -0.0907. The van der Waals surface area contributed by atoms with Crippen LogP contribution < -0.4 is 10.0 Å². The summed E-state index contributed by atoms with van der Waals surface area (Å²) in [6.07, 6.45) is 0.0208. The number of hydrogen-bond donors (Lipinski definition) is 2. The minimum absolute atomic E-state index is 0.0208. The number of sulfonamides is 1. The van der Waals surface area contributed by atoms with Crippen molar-refractivity contribution in [3.63, 3.8) is 0 Å². The van der Waals surface area contributed by atoms with E-state index in [1.54, 1.807) is 29.2 Å². The number of Topliss-reactive ketones (excluding diaryl/α,β-unsaturated/α-hetero) is 1. The van der Waals surface area contributed by atoms with Gasteiger partial charge in [-0.3, -0.25) is 4.79 Å². The fourth-order valence-corrected chi connectivity index (χ4v) is 4.13. The second-order valence-corrected chi connectivity index (χ2v) is 9.47. The molecule has 0 bridgehead atoms. The molecular formula is C23H20ClN3O4S. The van der Waals surface area contributed by atoms with Crippen molar-refractivity contribution in [1.29, 1.82) is 0 Å². The van der Waals surface area contributed by atoms with Crippen molar-refractivity contribution in [2.24, 2.45) is 10.1 Å². The van der Waals surface area contributed by atoms with E-state index in [2.05, 4.69) is 4.99 Å². The minimum Gasteiger partial charge on any atom is -0.362 e. The van der Waals surface area contributed by atoms with Crippen LogP contribution in [0.3, 0.4) is 0 Å². The molecule has 1 aliphatic rings. The molecule has 3 aromatic carbocycles. The normalized spacial score (nSPS) is 18.5. The molecule has 9 heteroatoms. The first kappa shape index (κ1) is 22.2. The Morgan fingerprint density at radius 1 is 1.03 bits per heavy atom. The lowest BCUT2D eigenvalue weighted by atomic mass is 10.0. The number of primary sulfonamides is 1. The van der Waals surface area contributed by atoms with E-state index in [1.165, 1.54) is 24.3 Å². The van der Waals surface area contributed by atoms with E-state index >= 15 is 0 Å². The van der Waals surface area contributed by atoms with Gasteiger partial charge >= 0.3 is 0 Å². The predicted molar refractivity (Wildman–Crippen MR) is 123 cm³/mol. The smallest absolute Gasteiger partial charge is 0.238 e. The van der Waals surface area contributed by atoms with Crippen LogP contribution in [-0.4, -0.2) is 37.4 Å². The van der Waals surface area contributed by atoms with Crippen LogP contribution in [0.1, 0.15) is 11.1 Å². The number of nitrogens with two attached hydrogens (primary N) is 1. The number of halogens is 1. The molecule has 1 atom stereocenters. The summed E-state index contributed by atoms with van der Waals surface area (Å²) in [5.41, 5.74) is -0.00307. The highest BCUT2D eigenvalue weighted by Gasteiger charge is 2.44. The largest absolute Gasteiger partial charge is 0.362 e. The average Bonchev–Trinajstić information content (AvgIpc) is 3.13. The summed E-state index contributed by atoms with van der Waals surface area (Å²) in [4.78, 5) is 19.1. The number of carbonyl (C=O) groups excluding carboxylic acids is 1. The van der Waals surface area contributed by atoms with Gasteiger partial charge in [0.25, 0.3) is 0 Å². The Morgan fingerprint density at radius 2 is 1.66 bits per heavy atom. The Hall–Kier alpha value is -3.04. The number of anilines is 1. The van der Waals surface area contributed by atoms with Crippen molar-refractivity contribution in [2.45, 2.75) is 17.0 Å². The summed E-state index contributed by atoms with van der Waals surface area (Å²) in [7, 11) is -3.86. The van der Waals surface area contributed by atoms with Gasteiger partial charge in [-0.05, 0) is 54.1 Å². The Balaban J connectivity index is 1.73. The Kier molecular flexibility index (Phi) is 5.87. The molecule has 0 fully saturated rings. The van der Waals surface area contributed by atoms with Gasteiger partial charge in [0.05, 0.1) is 11.4 Å². The summed E-state index contributed by atoms with van der Waals surface area (Å²) in [6, 6.07) is 21.8. The first-order chi connectivity index (χ1) is 15.2. The van der Waals surface area contributed by atoms with E-state index in [0.717, 1.165) is 5.56 Å². The number of benzene rings is 3. The first-order valence-corrected chi connectivity index (χ1v) is 11.6. The Labute approximate surface area is 190 Å². The van der Waals surface area contributed by atoms with E-state index in [0.29, 0.717) is 22.1 Å². The van der Waals surface area contributed by atoms with Gasteiger partial charge in [-0.1, -0.05) is 41.9 Å². The second kappa shape index (κ2) is 8.48. The van der Waals surface area contributed by atoms with Crippen LogP contribution in [0.2, 0.25) is 5.02 Å². The number of amidine groups is 1. The highest BCUT2D eigenvalue weighted by molar-refractivity contribution is 7.89. The van der Waals surface area contributed by atoms with Gasteiger partial charge in [-0.25, -0.2) is 18.5 Å². The van der Waals surface area contributed by atoms with Crippen molar-refractivity contribution >= 4 is 38.9 Å². The lowest BCUT2D eigenvalue weighted by Gasteiger charge is -2.23. The maximum atomic E-state index is 13.0. The number of aliphatic hydroxyl groups is 1. The summed E-state index contributed by atoms with van der Waals surface area (Å²) < 4.78 is 23.2. The van der Waals surface area contributed by atoms with E-state index in [1.807, 2.05) is 30.3 Å². The third kappa shape index (κ3) is 4.58. The van der Waals surface area contributed by atoms with Crippen LogP contribution in [0.4, 0.5) is 5.69 Å². The highest BCUT2D eigenvalue weighted by Crippen LogP contribution is 2.30. The molecular weight excluding hydrogens is 450 g/mol. The quantitative estimate of drug-likeness (QED) is 0.576. The van der Waals surface area contributed by atoms with Gasteiger partial charge < -0.3 is 10.0 Å². The van der Waals surface area contributed by atoms with Gasteiger partial charge in [0.1, 0.15) is 5.84 Å². The van der Waals surface area contributed by atoms with Gasteiger partial charge in [0.2, 0.25) is 15.7 Å². The van der Waals surface area contributed by atoms with Gasteiger partial charge in [0.15, 0.2) is 5.78 Å². The summed E-state index contributed by atoms with van der Waals surface area (Å²) in [5, 5.41) is 16.9. The number of aliphatic imine (C=N–C) groups is 1. The highest BCUT2D eigenvalue weighted by atomic mass is 35.5. The molecule has 164 valence electrons. The summed E-state index contributed by atoms with van der Waals surface area (Å²) in [5.74, 6) is -0.115. The zero-order valence-electron chi connectivity index (χ0n) is 16.8. The SMILES string of the molecule is NS(=O)(=O)c1ccc(C2=NC(O)(C(=O)Cc3ccccc3)CN2c2ccc(Cl)cc2)cc1. The van der Waals surface area contributed by atoms with E-state index < -0.39 is 21.5 Å². The number of ketones is 1. The second-order valence-electron chi connectivity index (χ2n) is 7.47. The molecule has 1 unspecified atom stereocenters. The molecule has 0 saturated heterocycles. The van der Waals surface area contributed by atoms with E-state index in [-0.39, 0.29) is 17.9 Å². The molecule has 0 spiro atoms. The average molecular weight is 470 g/mol. The third-order valence-corrected chi connectivity index (χ3v) is 6.34.